The largest absolute Gasteiger partial charge is 0.396 e. The number of nitrogens with zero attached hydrogens (tertiary/aromatic N) is 2. The summed E-state index contributed by atoms with van der Waals surface area (Å²) < 4.78 is 2.30. The number of aliphatic hydroxyl groups is 1. The van der Waals surface area contributed by atoms with Crippen LogP contribution in [0.1, 0.15) is 37.2 Å². The Kier molecular flexibility index (Phi) is 2.09. The van der Waals surface area contributed by atoms with Gasteiger partial charge in [0.15, 0.2) is 0 Å². The number of fused-ring (bicyclic) bond motifs is 1. The molecule has 2 heterocycles. The first-order chi connectivity index (χ1) is 7.31. The third kappa shape index (κ3) is 1.69. The van der Waals surface area contributed by atoms with Crippen molar-refractivity contribution in [3.63, 3.8) is 0 Å². The Labute approximate surface area is 90.1 Å². The Morgan fingerprint density at radius 1 is 1.40 bits per heavy atom. The number of aliphatic hydroxyl groups excluding tert-OH is 1. The van der Waals surface area contributed by atoms with Crippen molar-refractivity contribution < 1.29 is 5.11 Å². The average Bonchev–Trinajstić information content (AvgIpc) is 2.91. The molecule has 2 aliphatic rings. The van der Waals surface area contributed by atoms with Crippen molar-refractivity contribution >= 4 is 0 Å². The first-order valence-electron chi connectivity index (χ1n) is 5.97. The van der Waals surface area contributed by atoms with Crippen LogP contribution >= 0.6 is 0 Å². The van der Waals surface area contributed by atoms with Crippen LogP contribution in [0.5, 0.6) is 0 Å². The van der Waals surface area contributed by atoms with E-state index in [9.17, 15) is 5.11 Å². The van der Waals surface area contributed by atoms with E-state index in [2.05, 4.69) is 15.7 Å². The fourth-order valence-corrected chi connectivity index (χ4v) is 2.51. The first-order valence-corrected chi connectivity index (χ1v) is 5.97. The highest BCUT2D eigenvalue weighted by atomic mass is 16.3. The van der Waals surface area contributed by atoms with Crippen LogP contribution in [-0.2, 0) is 19.4 Å². The maximum Gasteiger partial charge on any atom is 0.108 e. The van der Waals surface area contributed by atoms with E-state index in [0.29, 0.717) is 6.61 Å². The molecule has 0 unspecified atom stereocenters. The SMILES string of the molecule is OCC1(Cc2cn3c(n2)CCCC3)CC1. The summed E-state index contributed by atoms with van der Waals surface area (Å²) in [4.78, 5) is 4.68. The van der Waals surface area contributed by atoms with Crippen LogP contribution in [0.4, 0.5) is 0 Å². The molecule has 3 rings (SSSR count). The van der Waals surface area contributed by atoms with Crippen LogP contribution in [0.3, 0.4) is 0 Å². The minimum Gasteiger partial charge on any atom is -0.396 e. The summed E-state index contributed by atoms with van der Waals surface area (Å²) in [5.74, 6) is 1.25. The molecule has 0 bridgehead atoms. The third-order valence-corrected chi connectivity index (χ3v) is 3.81. The van der Waals surface area contributed by atoms with Gasteiger partial charge in [0.05, 0.1) is 5.69 Å². The lowest BCUT2D eigenvalue weighted by Crippen LogP contribution is -2.10. The lowest BCUT2D eigenvalue weighted by Gasteiger charge is -2.11. The molecule has 1 aliphatic carbocycles. The highest BCUT2D eigenvalue weighted by molar-refractivity contribution is 5.11. The average molecular weight is 206 g/mol. The summed E-state index contributed by atoms with van der Waals surface area (Å²) in [6, 6.07) is 0. The van der Waals surface area contributed by atoms with E-state index < -0.39 is 0 Å². The monoisotopic (exact) mass is 206 g/mol. The summed E-state index contributed by atoms with van der Waals surface area (Å²) in [5, 5.41) is 9.29. The van der Waals surface area contributed by atoms with E-state index in [1.807, 2.05) is 0 Å². The summed E-state index contributed by atoms with van der Waals surface area (Å²) in [6.45, 7) is 1.46. The predicted octanol–water partition coefficient (Wildman–Crippen LogP) is 1.53. The van der Waals surface area contributed by atoms with Crippen molar-refractivity contribution in [2.45, 2.75) is 45.1 Å². The Morgan fingerprint density at radius 3 is 2.93 bits per heavy atom. The quantitative estimate of drug-likeness (QED) is 0.814. The van der Waals surface area contributed by atoms with Gasteiger partial charge < -0.3 is 9.67 Å². The highest BCUT2D eigenvalue weighted by Crippen LogP contribution is 2.47. The minimum absolute atomic E-state index is 0.199. The molecular formula is C12H18N2O. The molecule has 1 N–H and O–H groups in total. The molecule has 1 aliphatic heterocycles. The van der Waals surface area contributed by atoms with Crippen LogP contribution in [0, 0.1) is 5.41 Å². The maximum atomic E-state index is 9.29. The zero-order valence-electron chi connectivity index (χ0n) is 9.08. The fraction of sp³-hybridized carbons (Fsp3) is 0.750. The fourth-order valence-electron chi connectivity index (χ4n) is 2.51. The Balaban J connectivity index is 1.78. The summed E-state index contributed by atoms with van der Waals surface area (Å²) in [5.41, 5.74) is 1.39. The summed E-state index contributed by atoms with van der Waals surface area (Å²) >= 11 is 0. The molecular weight excluding hydrogens is 188 g/mol. The molecule has 1 saturated carbocycles. The van der Waals surface area contributed by atoms with Crippen molar-refractivity contribution in [2.24, 2.45) is 5.41 Å². The molecule has 0 spiro atoms. The van der Waals surface area contributed by atoms with Gasteiger partial charge in [-0.25, -0.2) is 4.98 Å². The molecule has 0 amide bonds. The summed E-state index contributed by atoms with van der Waals surface area (Å²) in [7, 11) is 0. The van der Waals surface area contributed by atoms with Gasteiger partial charge in [-0.3, -0.25) is 0 Å². The lowest BCUT2D eigenvalue weighted by molar-refractivity contribution is 0.210. The van der Waals surface area contributed by atoms with Gasteiger partial charge in [0.25, 0.3) is 0 Å². The minimum atomic E-state index is 0.199. The van der Waals surface area contributed by atoms with E-state index in [-0.39, 0.29) is 5.41 Å². The topological polar surface area (TPSA) is 38.0 Å². The molecule has 1 aromatic rings. The normalized spacial score (nSPS) is 22.5. The predicted molar refractivity (Wildman–Crippen MR) is 57.6 cm³/mol. The zero-order valence-corrected chi connectivity index (χ0v) is 9.08. The second-order valence-corrected chi connectivity index (χ2v) is 5.13. The molecule has 0 atom stereocenters. The van der Waals surface area contributed by atoms with Crippen LogP contribution in [0.2, 0.25) is 0 Å². The van der Waals surface area contributed by atoms with Crippen LogP contribution in [-0.4, -0.2) is 21.3 Å². The molecule has 0 radical (unpaired) electrons. The van der Waals surface area contributed by atoms with Crippen molar-refractivity contribution in [1.29, 1.82) is 0 Å². The maximum absolute atomic E-state index is 9.29. The zero-order chi connectivity index (χ0) is 10.3. The van der Waals surface area contributed by atoms with Gasteiger partial charge in [0.2, 0.25) is 0 Å². The van der Waals surface area contributed by atoms with E-state index in [4.69, 9.17) is 0 Å². The van der Waals surface area contributed by atoms with Crippen molar-refractivity contribution in [3.8, 4) is 0 Å². The molecule has 0 saturated heterocycles. The van der Waals surface area contributed by atoms with E-state index >= 15 is 0 Å². The molecule has 1 fully saturated rings. The van der Waals surface area contributed by atoms with Gasteiger partial charge in [-0.2, -0.15) is 0 Å². The number of rotatable bonds is 3. The third-order valence-electron chi connectivity index (χ3n) is 3.81. The van der Waals surface area contributed by atoms with Gasteiger partial charge in [-0.05, 0) is 37.5 Å². The van der Waals surface area contributed by atoms with Gasteiger partial charge in [0, 0.05) is 25.8 Å². The van der Waals surface area contributed by atoms with E-state index in [1.165, 1.54) is 37.2 Å². The second kappa shape index (κ2) is 3.34. The van der Waals surface area contributed by atoms with Gasteiger partial charge in [0.1, 0.15) is 5.82 Å². The van der Waals surface area contributed by atoms with Crippen LogP contribution in [0.15, 0.2) is 6.20 Å². The van der Waals surface area contributed by atoms with E-state index in [1.54, 1.807) is 0 Å². The van der Waals surface area contributed by atoms with Gasteiger partial charge in [-0.1, -0.05) is 0 Å². The van der Waals surface area contributed by atoms with Gasteiger partial charge in [-0.15, -0.1) is 0 Å². The molecule has 0 aromatic carbocycles. The smallest absolute Gasteiger partial charge is 0.108 e. The van der Waals surface area contributed by atoms with Gasteiger partial charge >= 0.3 is 0 Å². The molecule has 1 aromatic heterocycles. The van der Waals surface area contributed by atoms with Crippen molar-refractivity contribution in [1.82, 2.24) is 9.55 Å². The number of hydrogen-bond donors (Lipinski definition) is 1. The number of aryl methyl sites for hydroxylation is 2. The molecule has 15 heavy (non-hydrogen) atoms. The van der Waals surface area contributed by atoms with Crippen molar-refractivity contribution in [3.05, 3.63) is 17.7 Å². The molecule has 3 nitrogen and oxygen atoms in total. The summed E-state index contributed by atoms with van der Waals surface area (Å²) in [6.07, 6.45) is 9.22. The number of hydrogen-bond acceptors (Lipinski definition) is 2. The Bertz CT molecular complexity index is 342. The standard InChI is InChI=1S/C12H18N2O/c15-9-12(4-5-12)7-10-8-14-6-2-1-3-11(14)13-10/h8,15H,1-7,9H2. The number of imidazole rings is 1. The Morgan fingerprint density at radius 2 is 2.27 bits per heavy atom. The molecule has 82 valence electrons. The van der Waals surface area contributed by atoms with Crippen molar-refractivity contribution in [2.75, 3.05) is 6.61 Å². The number of aromatic nitrogens is 2. The lowest BCUT2D eigenvalue weighted by atomic mass is 10.0. The highest BCUT2D eigenvalue weighted by Gasteiger charge is 2.42. The second-order valence-electron chi connectivity index (χ2n) is 5.13. The van der Waals surface area contributed by atoms with Crippen LogP contribution < -0.4 is 0 Å². The molecule has 3 heteroatoms. The van der Waals surface area contributed by atoms with E-state index in [0.717, 1.165) is 19.4 Å². The first kappa shape index (κ1) is 9.40. The van der Waals surface area contributed by atoms with Crippen LogP contribution in [0.25, 0.3) is 0 Å². The Hall–Kier alpha value is -0.830.